The molecule has 16 heavy (non-hydrogen) atoms. The van der Waals surface area contributed by atoms with E-state index in [1.807, 2.05) is 0 Å². The number of alkyl halides is 6. The molecule has 2 atom stereocenters. The van der Waals surface area contributed by atoms with Crippen LogP contribution in [0.25, 0.3) is 0 Å². The molecule has 0 aromatic rings. The molecule has 0 aliphatic heterocycles. The van der Waals surface area contributed by atoms with E-state index in [1.165, 1.54) is 0 Å². The maximum atomic E-state index is 12.5. The Labute approximate surface area is 86.6 Å². The van der Waals surface area contributed by atoms with E-state index >= 15 is 0 Å². The number of rotatable bonds is 6. The highest BCUT2D eigenvalue weighted by Gasteiger charge is 2.56. The largest absolute Gasteiger partial charge is 0.425 e. The molecule has 9 heteroatoms. The number of ether oxygens (including phenoxy) is 1. The monoisotopic (exact) mass is 256 g/mol. The van der Waals surface area contributed by atoms with Crippen LogP contribution in [0.3, 0.4) is 0 Å². The van der Waals surface area contributed by atoms with Gasteiger partial charge < -0.3 is 14.9 Å². The smallest absolute Gasteiger partial charge is 0.394 e. The van der Waals surface area contributed by atoms with Crippen molar-refractivity contribution in [2.24, 2.45) is 0 Å². The fourth-order valence-corrected chi connectivity index (χ4v) is 0.696. The van der Waals surface area contributed by atoms with Crippen molar-refractivity contribution in [3.8, 4) is 0 Å². The summed E-state index contributed by atoms with van der Waals surface area (Å²) >= 11 is 0. The van der Waals surface area contributed by atoms with Crippen LogP contribution < -0.4 is 0 Å². The predicted molar refractivity (Wildman–Crippen MR) is 39.8 cm³/mol. The minimum absolute atomic E-state index is 0.802. The average Bonchev–Trinajstić information content (AvgIpc) is 2.14. The van der Waals surface area contributed by atoms with E-state index in [4.69, 9.17) is 10.2 Å². The van der Waals surface area contributed by atoms with E-state index in [2.05, 4.69) is 4.74 Å². The number of hydrogen-bond acceptors (Lipinski definition) is 3. The summed E-state index contributed by atoms with van der Waals surface area (Å²) in [4.78, 5) is 0. The first-order chi connectivity index (χ1) is 7.11. The van der Waals surface area contributed by atoms with E-state index in [1.54, 1.807) is 0 Å². The third-order valence-electron chi connectivity index (χ3n) is 1.47. The SMILES string of the molecule is OC[C@H](O)COCC(F)(F)[C@H](F)C(F)(F)F. The normalized spacial score (nSPS) is 17.2. The highest BCUT2D eigenvalue weighted by molar-refractivity contribution is 4.82. The van der Waals surface area contributed by atoms with E-state index in [0.717, 1.165) is 0 Å². The molecule has 0 saturated carbocycles. The molecule has 0 amide bonds. The van der Waals surface area contributed by atoms with Crippen molar-refractivity contribution in [2.75, 3.05) is 19.8 Å². The topological polar surface area (TPSA) is 49.7 Å². The van der Waals surface area contributed by atoms with E-state index < -0.39 is 44.2 Å². The minimum Gasteiger partial charge on any atom is -0.394 e. The Hall–Kier alpha value is -0.540. The van der Waals surface area contributed by atoms with Crippen molar-refractivity contribution in [3.63, 3.8) is 0 Å². The zero-order valence-corrected chi connectivity index (χ0v) is 7.85. The zero-order valence-electron chi connectivity index (χ0n) is 7.85. The Balaban J connectivity index is 4.14. The quantitative estimate of drug-likeness (QED) is 0.694. The lowest BCUT2D eigenvalue weighted by Gasteiger charge is -2.22. The Morgan fingerprint density at radius 3 is 2.00 bits per heavy atom. The summed E-state index contributed by atoms with van der Waals surface area (Å²) in [5, 5.41) is 16.8. The van der Waals surface area contributed by atoms with Crippen molar-refractivity contribution in [1.82, 2.24) is 0 Å². The van der Waals surface area contributed by atoms with Crippen LogP contribution in [0.1, 0.15) is 0 Å². The fraction of sp³-hybridized carbons (Fsp3) is 1.00. The van der Waals surface area contributed by atoms with Crippen LogP contribution in [0.15, 0.2) is 0 Å². The van der Waals surface area contributed by atoms with Gasteiger partial charge in [0.2, 0.25) is 0 Å². The van der Waals surface area contributed by atoms with Gasteiger partial charge in [-0.15, -0.1) is 0 Å². The summed E-state index contributed by atoms with van der Waals surface area (Å²) in [6, 6.07) is 0. The number of hydrogen-bond donors (Lipinski definition) is 2. The zero-order chi connectivity index (χ0) is 13.0. The van der Waals surface area contributed by atoms with Crippen LogP contribution in [0.5, 0.6) is 0 Å². The second-order valence-electron chi connectivity index (χ2n) is 3.02. The maximum Gasteiger partial charge on any atom is 0.425 e. The molecule has 0 heterocycles. The van der Waals surface area contributed by atoms with Crippen LogP contribution in [-0.4, -0.2) is 54.4 Å². The van der Waals surface area contributed by atoms with Crippen LogP contribution in [0, 0.1) is 0 Å². The lowest BCUT2D eigenvalue weighted by atomic mass is 10.2. The second kappa shape index (κ2) is 5.69. The van der Waals surface area contributed by atoms with Crippen molar-refractivity contribution in [3.05, 3.63) is 0 Å². The maximum absolute atomic E-state index is 12.5. The Bertz CT molecular complexity index is 207. The summed E-state index contributed by atoms with van der Waals surface area (Å²) in [5.41, 5.74) is 0. The predicted octanol–water partition coefficient (Wildman–Crippen LogP) is 0.892. The van der Waals surface area contributed by atoms with E-state index in [-0.39, 0.29) is 0 Å². The highest BCUT2D eigenvalue weighted by atomic mass is 19.4. The summed E-state index contributed by atoms with van der Waals surface area (Å²) in [7, 11) is 0. The lowest BCUT2D eigenvalue weighted by Crippen LogP contribution is -2.45. The Morgan fingerprint density at radius 1 is 1.12 bits per heavy atom. The molecular formula is C7H10F6O3. The molecule has 2 N–H and O–H groups in total. The van der Waals surface area contributed by atoms with Crippen LogP contribution in [0.4, 0.5) is 26.3 Å². The number of aliphatic hydroxyl groups is 2. The van der Waals surface area contributed by atoms with E-state index in [0.29, 0.717) is 0 Å². The molecule has 0 aliphatic rings. The van der Waals surface area contributed by atoms with Crippen molar-refractivity contribution >= 4 is 0 Å². The first-order valence-corrected chi connectivity index (χ1v) is 4.06. The number of halogens is 6. The van der Waals surface area contributed by atoms with Crippen LogP contribution in [-0.2, 0) is 4.74 Å². The summed E-state index contributed by atoms with van der Waals surface area (Å²) in [6.07, 6.45) is -11.5. The minimum atomic E-state index is -5.68. The third-order valence-corrected chi connectivity index (χ3v) is 1.47. The fourth-order valence-electron chi connectivity index (χ4n) is 0.696. The van der Waals surface area contributed by atoms with Crippen molar-refractivity contribution < 1.29 is 41.3 Å². The standard InChI is InChI=1S/C7H10F6O3/c8-5(7(11,12)13)6(9,10)3-16-2-4(15)1-14/h4-5,14-15H,1-3H2/t4-,5-/m0/s1. The summed E-state index contributed by atoms with van der Waals surface area (Å²) < 4.78 is 76.0. The van der Waals surface area contributed by atoms with Gasteiger partial charge in [-0.1, -0.05) is 0 Å². The average molecular weight is 256 g/mol. The van der Waals surface area contributed by atoms with Gasteiger partial charge in [-0.25, -0.2) is 13.2 Å². The van der Waals surface area contributed by atoms with Gasteiger partial charge in [0.25, 0.3) is 6.17 Å². The first kappa shape index (κ1) is 15.5. The first-order valence-electron chi connectivity index (χ1n) is 4.06. The summed E-state index contributed by atoms with van der Waals surface area (Å²) in [6.45, 7) is -3.44. The molecule has 0 saturated heterocycles. The molecule has 0 spiro atoms. The van der Waals surface area contributed by atoms with Crippen LogP contribution >= 0.6 is 0 Å². The van der Waals surface area contributed by atoms with Gasteiger partial charge in [0.15, 0.2) is 0 Å². The molecule has 0 radical (unpaired) electrons. The molecule has 0 rings (SSSR count). The van der Waals surface area contributed by atoms with Gasteiger partial charge in [0.05, 0.1) is 13.2 Å². The molecule has 0 aliphatic carbocycles. The third kappa shape index (κ3) is 4.99. The number of aliphatic hydroxyl groups excluding tert-OH is 2. The molecule has 3 nitrogen and oxygen atoms in total. The molecule has 0 unspecified atom stereocenters. The Morgan fingerprint density at radius 2 is 1.62 bits per heavy atom. The van der Waals surface area contributed by atoms with Crippen molar-refractivity contribution in [1.29, 1.82) is 0 Å². The van der Waals surface area contributed by atoms with Gasteiger partial charge in [-0.05, 0) is 0 Å². The van der Waals surface area contributed by atoms with Gasteiger partial charge in [0, 0.05) is 0 Å². The molecule has 0 aromatic carbocycles. The summed E-state index contributed by atoms with van der Waals surface area (Å²) in [5.74, 6) is -4.73. The van der Waals surface area contributed by atoms with Gasteiger partial charge >= 0.3 is 12.1 Å². The van der Waals surface area contributed by atoms with Crippen molar-refractivity contribution in [2.45, 2.75) is 24.4 Å². The van der Waals surface area contributed by atoms with Gasteiger partial charge in [-0.3, -0.25) is 0 Å². The van der Waals surface area contributed by atoms with Crippen LogP contribution in [0.2, 0.25) is 0 Å². The van der Waals surface area contributed by atoms with Gasteiger partial charge in [0.1, 0.15) is 12.7 Å². The Kier molecular flexibility index (Phi) is 5.50. The van der Waals surface area contributed by atoms with Gasteiger partial charge in [-0.2, -0.15) is 13.2 Å². The molecule has 0 bridgehead atoms. The highest BCUT2D eigenvalue weighted by Crippen LogP contribution is 2.34. The molecule has 98 valence electrons. The molecule has 0 fully saturated rings. The lowest BCUT2D eigenvalue weighted by molar-refractivity contribution is -0.256. The van der Waals surface area contributed by atoms with E-state index in [9.17, 15) is 26.3 Å². The molecular weight excluding hydrogens is 246 g/mol. The second-order valence-corrected chi connectivity index (χ2v) is 3.02. The molecule has 0 aromatic heterocycles.